The number of nitrogens with zero attached hydrogens (tertiary/aromatic N) is 3. The largest absolute Gasteiger partial charge is 0.339 e. The third kappa shape index (κ3) is 3.81. The van der Waals surface area contributed by atoms with E-state index in [-0.39, 0.29) is 36.5 Å². The Hall–Kier alpha value is -2.97. The number of rotatable bonds is 6. The summed E-state index contributed by atoms with van der Waals surface area (Å²) in [4.78, 5) is 49.3. The maximum atomic E-state index is 12.4. The highest BCUT2D eigenvalue weighted by Crippen LogP contribution is 2.24. The Kier molecular flexibility index (Phi) is 5.29. The fourth-order valence-electron chi connectivity index (χ4n) is 2.74. The molecule has 1 aromatic carbocycles. The third-order valence-corrected chi connectivity index (χ3v) is 4.53. The van der Waals surface area contributed by atoms with Crippen LogP contribution in [0.5, 0.6) is 0 Å². The van der Waals surface area contributed by atoms with E-state index >= 15 is 0 Å². The van der Waals surface area contributed by atoms with Crippen LogP contribution in [0.4, 0.5) is 10.5 Å². The Morgan fingerprint density at radius 2 is 2.04 bits per heavy atom. The van der Waals surface area contributed by atoms with Crippen molar-refractivity contribution in [3.05, 3.63) is 39.9 Å². The molecule has 0 unspecified atom stereocenters. The van der Waals surface area contributed by atoms with Crippen molar-refractivity contribution in [1.82, 2.24) is 15.1 Å². The maximum Gasteiger partial charge on any atom is 0.325 e. The highest BCUT2D eigenvalue weighted by atomic mass is 16.6. The molecular weight excluding hydrogens is 340 g/mol. The number of nitro benzene ring substituents is 1. The maximum absolute atomic E-state index is 12.4. The lowest BCUT2D eigenvalue weighted by Crippen LogP contribution is -2.41. The predicted molar refractivity (Wildman–Crippen MR) is 93.2 cm³/mol. The van der Waals surface area contributed by atoms with Crippen LogP contribution < -0.4 is 5.32 Å². The van der Waals surface area contributed by atoms with Gasteiger partial charge in [0.2, 0.25) is 5.91 Å². The van der Waals surface area contributed by atoms with E-state index in [0.717, 1.165) is 4.90 Å². The lowest BCUT2D eigenvalue weighted by molar-refractivity contribution is -0.384. The summed E-state index contributed by atoms with van der Waals surface area (Å²) in [6.07, 6.45) is -0.0228. The highest BCUT2D eigenvalue weighted by Gasteiger charge is 2.44. The highest BCUT2D eigenvalue weighted by molar-refractivity contribution is 6.06. The van der Waals surface area contributed by atoms with E-state index in [1.54, 1.807) is 40.0 Å². The number of amides is 4. The van der Waals surface area contributed by atoms with Gasteiger partial charge in [-0.2, -0.15) is 0 Å². The zero-order chi connectivity index (χ0) is 19.6. The van der Waals surface area contributed by atoms with E-state index in [9.17, 15) is 24.5 Å². The van der Waals surface area contributed by atoms with Crippen LogP contribution >= 0.6 is 0 Å². The normalized spacial score (nSPS) is 17.0. The lowest BCUT2D eigenvalue weighted by Gasteiger charge is -2.26. The van der Waals surface area contributed by atoms with Gasteiger partial charge in [-0.1, -0.05) is 12.1 Å². The van der Waals surface area contributed by atoms with Crippen molar-refractivity contribution >= 4 is 23.5 Å². The quantitative estimate of drug-likeness (QED) is 0.471. The fraction of sp³-hybridized carbons (Fsp3) is 0.471. The molecule has 0 bridgehead atoms. The van der Waals surface area contributed by atoms with Crippen LogP contribution in [0.1, 0.15) is 38.8 Å². The van der Waals surface area contributed by atoms with Crippen molar-refractivity contribution in [2.24, 2.45) is 0 Å². The van der Waals surface area contributed by atoms with Crippen LogP contribution in [-0.2, 0) is 9.59 Å². The van der Waals surface area contributed by atoms with Gasteiger partial charge in [0.15, 0.2) is 0 Å². The molecule has 1 aliphatic heterocycles. The number of nitro groups is 1. The molecule has 0 saturated carbocycles. The first-order valence-electron chi connectivity index (χ1n) is 8.18. The third-order valence-electron chi connectivity index (χ3n) is 4.53. The topological polar surface area (TPSA) is 113 Å². The molecule has 0 aromatic heterocycles. The van der Waals surface area contributed by atoms with Crippen molar-refractivity contribution in [2.45, 2.75) is 38.8 Å². The van der Waals surface area contributed by atoms with Gasteiger partial charge >= 0.3 is 6.03 Å². The van der Waals surface area contributed by atoms with Crippen LogP contribution in [0, 0.1) is 10.1 Å². The van der Waals surface area contributed by atoms with Crippen LogP contribution in [0.2, 0.25) is 0 Å². The molecule has 1 aliphatic rings. The fourth-order valence-corrected chi connectivity index (χ4v) is 2.74. The Morgan fingerprint density at radius 1 is 1.38 bits per heavy atom. The molecule has 0 spiro atoms. The minimum absolute atomic E-state index is 0.0150. The summed E-state index contributed by atoms with van der Waals surface area (Å²) in [5, 5.41) is 13.5. The summed E-state index contributed by atoms with van der Waals surface area (Å²) in [5.41, 5.74) is -0.384. The van der Waals surface area contributed by atoms with E-state index < -0.39 is 16.5 Å². The standard InChI is InChI=1S/C17H22N4O5/c1-11(12-6-5-7-13(10-12)21(25)26)19(4)14(22)8-9-20-15(23)17(2,3)18-16(20)24/h5-7,10-11H,8-9H2,1-4H3,(H,18,24)/t11-/m0/s1. The molecule has 1 heterocycles. The van der Waals surface area contributed by atoms with Gasteiger partial charge in [-0.15, -0.1) is 0 Å². The zero-order valence-electron chi connectivity index (χ0n) is 15.2. The molecule has 9 nitrogen and oxygen atoms in total. The van der Waals surface area contributed by atoms with Crippen molar-refractivity contribution in [3.63, 3.8) is 0 Å². The van der Waals surface area contributed by atoms with E-state index in [1.165, 1.54) is 17.0 Å². The minimum Gasteiger partial charge on any atom is -0.339 e. The number of carbonyl (C=O) groups is 3. The van der Waals surface area contributed by atoms with Gasteiger partial charge in [-0.25, -0.2) is 4.79 Å². The summed E-state index contributed by atoms with van der Waals surface area (Å²) in [7, 11) is 1.58. The molecule has 4 amide bonds. The van der Waals surface area contributed by atoms with Crippen LogP contribution in [-0.4, -0.2) is 51.7 Å². The second kappa shape index (κ2) is 7.11. The van der Waals surface area contributed by atoms with Gasteiger partial charge in [-0.3, -0.25) is 24.6 Å². The van der Waals surface area contributed by atoms with Crippen LogP contribution in [0.3, 0.4) is 0 Å². The zero-order valence-corrected chi connectivity index (χ0v) is 15.2. The summed E-state index contributed by atoms with van der Waals surface area (Å²) in [5.74, 6) is -0.640. The van der Waals surface area contributed by atoms with Gasteiger partial charge in [0.25, 0.3) is 11.6 Å². The van der Waals surface area contributed by atoms with Crippen molar-refractivity contribution in [3.8, 4) is 0 Å². The van der Waals surface area contributed by atoms with Crippen LogP contribution in [0.25, 0.3) is 0 Å². The number of urea groups is 1. The number of hydrogen-bond acceptors (Lipinski definition) is 5. The van der Waals surface area contributed by atoms with Gasteiger partial charge in [-0.05, 0) is 26.3 Å². The minimum atomic E-state index is -0.970. The summed E-state index contributed by atoms with van der Waals surface area (Å²) >= 11 is 0. The second-order valence-electron chi connectivity index (χ2n) is 6.79. The SMILES string of the molecule is C[C@@H](c1cccc([N+](=O)[O-])c1)N(C)C(=O)CCN1C(=O)NC(C)(C)C1=O. The molecule has 9 heteroatoms. The molecule has 1 N–H and O–H groups in total. The van der Waals surface area contributed by atoms with Gasteiger partial charge in [0.1, 0.15) is 5.54 Å². The monoisotopic (exact) mass is 362 g/mol. The Labute approximate surface area is 151 Å². The molecule has 2 rings (SSSR count). The molecule has 1 atom stereocenters. The average Bonchev–Trinajstić information content (AvgIpc) is 2.79. The molecule has 1 aromatic rings. The Morgan fingerprint density at radius 3 is 2.58 bits per heavy atom. The second-order valence-corrected chi connectivity index (χ2v) is 6.79. The molecule has 0 aliphatic carbocycles. The first-order chi connectivity index (χ1) is 12.0. The van der Waals surface area contributed by atoms with Crippen molar-refractivity contribution in [1.29, 1.82) is 0 Å². The van der Waals surface area contributed by atoms with Gasteiger partial charge < -0.3 is 10.2 Å². The number of imide groups is 1. The lowest BCUT2D eigenvalue weighted by atomic mass is 10.1. The molecular formula is C17H22N4O5. The smallest absolute Gasteiger partial charge is 0.325 e. The van der Waals surface area contributed by atoms with E-state index in [1.807, 2.05) is 0 Å². The Bertz CT molecular complexity index is 761. The van der Waals surface area contributed by atoms with E-state index in [4.69, 9.17) is 0 Å². The summed E-state index contributed by atoms with van der Waals surface area (Å²) in [6, 6.07) is 5.19. The number of hydrogen-bond donors (Lipinski definition) is 1. The Balaban J connectivity index is 2.01. The number of nitrogens with one attached hydrogen (secondary N) is 1. The first-order valence-corrected chi connectivity index (χ1v) is 8.18. The molecule has 140 valence electrons. The van der Waals surface area contributed by atoms with E-state index in [2.05, 4.69) is 5.32 Å². The van der Waals surface area contributed by atoms with E-state index in [0.29, 0.717) is 5.56 Å². The molecule has 0 radical (unpaired) electrons. The predicted octanol–water partition coefficient (Wildman–Crippen LogP) is 1.83. The molecule has 1 saturated heterocycles. The van der Waals surface area contributed by atoms with Gasteiger partial charge in [0, 0.05) is 32.1 Å². The number of carbonyl (C=O) groups excluding carboxylic acids is 3. The van der Waals surface area contributed by atoms with Gasteiger partial charge in [0.05, 0.1) is 11.0 Å². The van der Waals surface area contributed by atoms with Crippen molar-refractivity contribution < 1.29 is 19.3 Å². The molecule has 26 heavy (non-hydrogen) atoms. The number of non-ortho nitro benzene ring substituents is 1. The summed E-state index contributed by atoms with van der Waals surface area (Å²) in [6.45, 7) is 4.95. The summed E-state index contributed by atoms with van der Waals surface area (Å²) < 4.78 is 0. The average molecular weight is 362 g/mol. The van der Waals surface area contributed by atoms with Crippen LogP contribution in [0.15, 0.2) is 24.3 Å². The molecule has 1 fully saturated rings. The number of benzene rings is 1. The first kappa shape index (κ1) is 19.4. The van der Waals surface area contributed by atoms with Crippen molar-refractivity contribution in [2.75, 3.05) is 13.6 Å².